The quantitative estimate of drug-likeness (QED) is 0.439. The zero-order valence-electron chi connectivity index (χ0n) is 15.1. The molecule has 0 saturated heterocycles. The van der Waals surface area contributed by atoms with E-state index >= 15 is 0 Å². The van der Waals surface area contributed by atoms with Crippen molar-refractivity contribution in [3.05, 3.63) is 35.6 Å². The minimum Gasteiger partial charge on any atom is -0.356 e. The molecule has 0 aromatic heterocycles. The first-order valence-corrected chi connectivity index (χ1v) is 8.38. The first-order valence-electron chi connectivity index (χ1n) is 8.38. The summed E-state index contributed by atoms with van der Waals surface area (Å²) in [6.07, 6.45) is 1.06. The van der Waals surface area contributed by atoms with Gasteiger partial charge in [0.25, 0.3) is 0 Å². The fourth-order valence-corrected chi connectivity index (χ4v) is 2.59. The molecule has 0 unspecified atom stereocenters. The molecule has 1 aromatic rings. The van der Waals surface area contributed by atoms with Gasteiger partial charge in [0, 0.05) is 38.8 Å². The second-order valence-electron chi connectivity index (χ2n) is 6.26. The topological polar surface area (TPSA) is 39.7 Å². The van der Waals surface area contributed by atoms with Crippen molar-refractivity contribution in [2.24, 2.45) is 4.99 Å². The van der Waals surface area contributed by atoms with E-state index in [2.05, 4.69) is 48.2 Å². The normalized spacial score (nSPS) is 12.3. The van der Waals surface area contributed by atoms with Crippen molar-refractivity contribution in [2.45, 2.75) is 52.7 Å². The van der Waals surface area contributed by atoms with Gasteiger partial charge in [-0.3, -0.25) is 9.89 Å². The van der Waals surface area contributed by atoms with Crippen molar-refractivity contribution in [2.75, 3.05) is 20.1 Å². The molecule has 23 heavy (non-hydrogen) atoms. The summed E-state index contributed by atoms with van der Waals surface area (Å²) in [6.45, 7) is 11.5. The van der Waals surface area contributed by atoms with E-state index in [4.69, 9.17) is 0 Å². The van der Waals surface area contributed by atoms with E-state index in [0.717, 1.165) is 31.0 Å². The van der Waals surface area contributed by atoms with Crippen molar-refractivity contribution in [3.8, 4) is 0 Å². The molecular weight excluding hydrogens is 291 g/mol. The molecule has 130 valence electrons. The number of nitrogens with zero attached hydrogens (tertiary/aromatic N) is 2. The van der Waals surface area contributed by atoms with E-state index in [0.29, 0.717) is 18.6 Å². The molecule has 0 aliphatic heterocycles. The number of guanidine groups is 1. The molecule has 0 radical (unpaired) electrons. The summed E-state index contributed by atoms with van der Waals surface area (Å²) in [7, 11) is 1.76. The van der Waals surface area contributed by atoms with E-state index < -0.39 is 0 Å². The van der Waals surface area contributed by atoms with E-state index in [1.54, 1.807) is 19.2 Å². The van der Waals surface area contributed by atoms with Crippen LogP contribution in [0.1, 0.15) is 39.7 Å². The first kappa shape index (κ1) is 19.4. The highest BCUT2D eigenvalue weighted by Gasteiger charge is 2.12. The van der Waals surface area contributed by atoms with Gasteiger partial charge in [0.1, 0.15) is 5.82 Å². The van der Waals surface area contributed by atoms with Crippen molar-refractivity contribution in [1.82, 2.24) is 15.5 Å². The zero-order chi connectivity index (χ0) is 17.2. The van der Waals surface area contributed by atoms with Crippen molar-refractivity contribution < 1.29 is 4.39 Å². The Balaban J connectivity index is 2.30. The maximum atomic E-state index is 12.9. The third kappa shape index (κ3) is 7.46. The third-order valence-electron chi connectivity index (χ3n) is 3.81. The van der Waals surface area contributed by atoms with Crippen molar-refractivity contribution >= 4 is 5.96 Å². The molecule has 0 heterocycles. The van der Waals surface area contributed by atoms with Gasteiger partial charge in [0.2, 0.25) is 0 Å². The molecule has 0 spiro atoms. The molecule has 4 nitrogen and oxygen atoms in total. The van der Waals surface area contributed by atoms with Crippen LogP contribution < -0.4 is 10.6 Å². The van der Waals surface area contributed by atoms with E-state index in [-0.39, 0.29) is 5.82 Å². The Labute approximate surface area is 140 Å². The number of hydrogen-bond acceptors (Lipinski definition) is 2. The summed E-state index contributed by atoms with van der Waals surface area (Å²) in [5.74, 6) is 0.561. The fourth-order valence-electron chi connectivity index (χ4n) is 2.59. The molecule has 0 bridgehead atoms. The predicted octanol–water partition coefficient (Wildman–Crippen LogP) is 3.00. The number of benzene rings is 1. The number of hydrogen-bond donors (Lipinski definition) is 2. The van der Waals surface area contributed by atoms with Gasteiger partial charge in [-0.15, -0.1) is 0 Å². The average molecular weight is 322 g/mol. The maximum absolute atomic E-state index is 12.9. The lowest BCUT2D eigenvalue weighted by molar-refractivity contribution is 0.173. The lowest BCUT2D eigenvalue weighted by Gasteiger charge is -2.30. The largest absolute Gasteiger partial charge is 0.356 e. The standard InChI is InChI=1S/C18H31FN4/c1-14(2)23(15(3)4)12-6-11-21-18(20-5)22-13-16-7-9-17(19)10-8-16/h7-10,14-15H,6,11-13H2,1-5H3,(H2,20,21,22). The highest BCUT2D eigenvalue weighted by atomic mass is 19.1. The highest BCUT2D eigenvalue weighted by molar-refractivity contribution is 5.79. The van der Waals surface area contributed by atoms with Gasteiger partial charge in [-0.05, 0) is 51.8 Å². The Bertz CT molecular complexity index is 460. The zero-order valence-corrected chi connectivity index (χ0v) is 15.1. The first-order chi connectivity index (χ1) is 10.9. The second-order valence-corrected chi connectivity index (χ2v) is 6.26. The highest BCUT2D eigenvalue weighted by Crippen LogP contribution is 2.05. The molecule has 0 fully saturated rings. The molecule has 1 aromatic carbocycles. The van der Waals surface area contributed by atoms with Gasteiger partial charge in [0.05, 0.1) is 0 Å². The van der Waals surface area contributed by atoms with Crippen LogP contribution in [0, 0.1) is 5.82 Å². The third-order valence-corrected chi connectivity index (χ3v) is 3.81. The number of rotatable bonds is 8. The summed E-state index contributed by atoms with van der Waals surface area (Å²) in [6, 6.07) is 7.62. The fraction of sp³-hybridized carbons (Fsp3) is 0.611. The SMILES string of the molecule is CN=C(NCCCN(C(C)C)C(C)C)NCc1ccc(F)cc1. The van der Waals surface area contributed by atoms with Crippen LogP contribution in [0.25, 0.3) is 0 Å². The molecular formula is C18H31FN4. The van der Waals surface area contributed by atoms with E-state index in [9.17, 15) is 4.39 Å². The van der Waals surface area contributed by atoms with Gasteiger partial charge < -0.3 is 10.6 Å². The Morgan fingerprint density at radius 3 is 2.22 bits per heavy atom. The van der Waals surface area contributed by atoms with E-state index in [1.807, 2.05) is 0 Å². The van der Waals surface area contributed by atoms with Gasteiger partial charge >= 0.3 is 0 Å². The molecule has 5 heteroatoms. The number of aliphatic imine (C=N–C) groups is 1. The summed E-state index contributed by atoms with van der Waals surface area (Å²) in [4.78, 5) is 6.70. The Kier molecular flexibility index (Phi) is 8.62. The summed E-state index contributed by atoms with van der Waals surface area (Å²) in [5, 5.41) is 6.56. The molecule has 2 N–H and O–H groups in total. The minimum atomic E-state index is -0.212. The van der Waals surface area contributed by atoms with Gasteiger partial charge in [-0.1, -0.05) is 12.1 Å². The van der Waals surface area contributed by atoms with Crippen LogP contribution in [0.3, 0.4) is 0 Å². The molecule has 0 aliphatic carbocycles. The Morgan fingerprint density at radius 1 is 1.09 bits per heavy atom. The van der Waals surface area contributed by atoms with Crippen LogP contribution in [0.15, 0.2) is 29.3 Å². The van der Waals surface area contributed by atoms with Crippen LogP contribution in [0.4, 0.5) is 4.39 Å². The van der Waals surface area contributed by atoms with Gasteiger partial charge in [-0.2, -0.15) is 0 Å². The van der Waals surface area contributed by atoms with Crippen molar-refractivity contribution in [1.29, 1.82) is 0 Å². The molecule has 1 rings (SSSR count). The summed E-state index contributed by atoms with van der Waals surface area (Å²) < 4.78 is 12.9. The summed E-state index contributed by atoms with van der Waals surface area (Å²) in [5.41, 5.74) is 1.03. The Hall–Kier alpha value is -1.62. The van der Waals surface area contributed by atoms with Crippen molar-refractivity contribution in [3.63, 3.8) is 0 Å². The van der Waals surface area contributed by atoms with Gasteiger partial charge in [-0.25, -0.2) is 4.39 Å². The minimum absolute atomic E-state index is 0.212. The molecule has 0 saturated carbocycles. The molecule has 0 atom stereocenters. The monoisotopic (exact) mass is 322 g/mol. The Morgan fingerprint density at radius 2 is 1.70 bits per heavy atom. The van der Waals surface area contributed by atoms with Crippen LogP contribution in [-0.4, -0.2) is 43.1 Å². The number of nitrogens with one attached hydrogen (secondary N) is 2. The molecule has 0 aliphatic rings. The van der Waals surface area contributed by atoms with Crippen LogP contribution in [0.2, 0.25) is 0 Å². The maximum Gasteiger partial charge on any atom is 0.191 e. The summed E-state index contributed by atoms with van der Waals surface area (Å²) >= 11 is 0. The van der Waals surface area contributed by atoms with Gasteiger partial charge in [0.15, 0.2) is 5.96 Å². The van der Waals surface area contributed by atoms with Crippen LogP contribution >= 0.6 is 0 Å². The molecule has 0 amide bonds. The lowest BCUT2D eigenvalue weighted by Crippen LogP contribution is -2.41. The van der Waals surface area contributed by atoms with E-state index in [1.165, 1.54) is 12.1 Å². The lowest BCUT2D eigenvalue weighted by atomic mass is 10.2. The number of halogens is 1. The van der Waals surface area contributed by atoms with Crippen LogP contribution in [0.5, 0.6) is 0 Å². The smallest absolute Gasteiger partial charge is 0.191 e. The second kappa shape index (κ2) is 10.2. The average Bonchev–Trinajstić information content (AvgIpc) is 2.50. The van der Waals surface area contributed by atoms with Crippen LogP contribution in [-0.2, 0) is 6.54 Å². The predicted molar refractivity (Wildman–Crippen MR) is 96.2 cm³/mol.